The van der Waals surface area contributed by atoms with Gasteiger partial charge >= 0.3 is 5.97 Å². The molecule has 0 spiro atoms. The lowest BCUT2D eigenvalue weighted by molar-refractivity contribution is -0.137. The molecule has 0 aromatic rings. The highest BCUT2D eigenvalue weighted by atomic mass is 16.5. The van der Waals surface area contributed by atoms with Gasteiger partial charge in [0.05, 0.1) is 6.61 Å². The first-order valence-electron chi connectivity index (χ1n) is 9.77. The second-order valence-electron chi connectivity index (χ2n) is 6.65. The topological polar surface area (TPSA) is 52.3 Å². The number of nitrogens with two attached hydrogens (primary N) is 1. The van der Waals surface area contributed by atoms with Gasteiger partial charge in [-0.15, -0.1) is 0 Å². The van der Waals surface area contributed by atoms with E-state index in [0.29, 0.717) is 12.3 Å². The van der Waals surface area contributed by atoms with Crippen LogP contribution >= 0.6 is 0 Å². The monoisotopic (exact) mass is 325 g/mol. The molecule has 0 fully saturated rings. The van der Waals surface area contributed by atoms with Gasteiger partial charge in [0.25, 0.3) is 0 Å². The summed E-state index contributed by atoms with van der Waals surface area (Å²) in [5, 5.41) is 0. The minimum absolute atomic E-state index is 0.320. The number of hydrogen-bond acceptors (Lipinski definition) is 3. The first-order valence-corrected chi connectivity index (χ1v) is 9.77. The molecule has 0 bridgehead atoms. The summed E-state index contributed by atoms with van der Waals surface area (Å²) in [4.78, 5) is 11.2. The van der Waals surface area contributed by atoms with E-state index in [0.717, 1.165) is 12.8 Å². The molecule has 0 aromatic carbocycles. The molecule has 0 amide bonds. The van der Waals surface area contributed by atoms with Crippen molar-refractivity contribution in [2.24, 2.45) is 5.73 Å². The fraction of sp³-hybridized carbons (Fsp3) is 0.850. The lowest BCUT2D eigenvalue weighted by atomic mass is 10.0. The van der Waals surface area contributed by atoms with Gasteiger partial charge in [-0.1, -0.05) is 90.4 Å². The quantitative estimate of drug-likeness (QED) is 0.219. The fourth-order valence-corrected chi connectivity index (χ4v) is 2.70. The Balaban J connectivity index is 3.11. The summed E-state index contributed by atoms with van der Waals surface area (Å²) in [5.74, 6) is -0.320. The molecule has 0 saturated heterocycles. The minimum Gasteiger partial charge on any atom is -0.462 e. The molecule has 0 aliphatic rings. The van der Waals surface area contributed by atoms with E-state index in [9.17, 15) is 4.79 Å². The van der Waals surface area contributed by atoms with Crippen molar-refractivity contribution in [3.63, 3.8) is 0 Å². The number of allylic oxidation sites excluding steroid dienone is 1. The lowest BCUT2D eigenvalue weighted by Crippen LogP contribution is -2.05. The van der Waals surface area contributed by atoms with Crippen LogP contribution in [0.1, 0.15) is 104 Å². The molecule has 2 N–H and O–H groups in total. The van der Waals surface area contributed by atoms with Crippen LogP contribution in [0.25, 0.3) is 0 Å². The summed E-state index contributed by atoms with van der Waals surface area (Å²) in [7, 11) is 0. The van der Waals surface area contributed by atoms with Gasteiger partial charge in [0, 0.05) is 11.8 Å². The Morgan fingerprint density at radius 1 is 0.783 bits per heavy atom. The molecule has 0 unspecified atom stereocenters. The number of rotatable bonds is 16. The number of hydrogen-bond donors (Lipinski definition) is 1. The molecular weight excluding hydrogens is 286 g/mol. The SMILES string of the molecule is CCCCCCCCCCCCCCCCOC(=O)/C=C(/C)N. The van der Waals surface area contributed by atoms with Crippen molar-refractivity contribution in [1.82, 2.24) is 0 Å². The molecule has 0 heterocycles. The van der Waals surface area contributed by atoms with Gasteiger partial charge in [-0.2, -0.15) is 0 Å². The van der Waals surface area contributed by atoms with Gasteiger partial charge in [-0.05, 0) is 13.3 Å². The van der Waals surface area contributed by atoms with Gasteiger partial charge in [0.1, 0.15) is 0 Å². The van der Waals surface area contributed by atoms with Crippen molar-refractivity contribution in [3.05, 3.63) is 11.8 Å². The Labute approximate surface area is 144 Å². The zero-order valence-electron chi connectivity index (χ0n) is 15.6. The zero-order chi connectivity index (χ0) is 17.2. The van der Waals surface area contributed by atoms with Gasteiger partial charge < -0.3 is 10.5 Å². The highest BCUT2D eigenvalue weighted by molar-refractivity contribution is 5.82. The number of carbonyl (C=O) groups excluding carboxylic acids is 1. The first-order chi connectivity index (χ1) is 11.2. The van der Waals surface area contributed by atoms with Gasteiger partial charge in [0.15, 0.2) is 0 Å². The number of ether oxygens (including phenoxy) is 1. The van der Waals surface area contributed by atoms with E-state index in [1.165, 1.54) is 83.1 Å². The van der Waals surface area contributed by atoms with Crippen LogP contribution in [-0.4, -0.2) is 12.6 Å². The second-order valence-corrected chi connectivity index (χ2v) is 6.65. The molecule has 0 rings (SSSR count). The first kappa shape index (κ1) is 22.0. The molecule has 3 heteroatoms. The van der Waals surface area contributed by atoms with Crippen molar-refractivity contribution >= 4 is 5.97 Å². The van der Waals surface area contributed by atoms with E-state index in [1.54, 1.807) is 6.92 Å². The standard InChI is InChI=1S/C20H39NO2/c1-3-4-5-6-7-8-9-10-11-12-13-14-15-16-17-23-20(22)18-19(2)21/h18H,3-17,21H2,1-2H3/b19-18-. The Kier molecular flexibility index (Phi) is 16.6. The molecule has 0 saturated carbocycles. The van der Waals surface area contributed by atoms with Crippen LogP contribution in [0.5, 0.6) is 0 Å². The van der Waals surface area contributed by atoms with E-state index < -0.39 is 0 Å². The molecule has 136 valence electrons. The van der Waals surface area contributed by atoms with Gasteiger partial charge in [-0.25, -0.2) is 4.79 Å². The number of carbonyl (C=O) groups is 1. The third-order valence-corrected chi connectivity index (χ3v) is 4.09. The van der Waals surface area contributed by atoms with Crippen molar-refractivity contribution in [2.45, 2.75) is 104 Å². The third kappa shape index (κ3) is 19.0. The van der Waals surface area contributed by atoms with E-state index >= 15 is 0 Å². The number of unbranched alkanes of at least 4 members (excludes halogenated alkanes) is 13. The van der Waals surface area contributed by atoms with Crippen LogP contribution < -0.4 is 5.73 Å². The Morgan fingerprint density at radius 2 is 1.17 bits per heavy atom. The maximum Gasteiger partial charge on any atom is 0.332 e. The van der Waals surface area contributed by atoms with Gasteiger partial charge in [-0.3, -0.25) is 0 Å². The van der Waals surface area contributed by atoms with Crippen molar-refractivity contribution in [3.8, 4) is 0 Å². The van der Waals surface area contributed by atoms with Crippen molar-refractivity contribution < 1.29 is 9.53 Å². The normalized spacial score (nSPS) is 11.7. The Hall–Kier alpha value is -0.990. The molecule has 0 aliphatic carbocycles. The Bertz CT molecular complexity index is 296. The fourth-order valence-electron chi connectivity index (χ4n) is 2.70. The molecule has 3 nitrogen and oxygen atoms in total. The van der Waals surface area contributed by atoms with Crippen LogP contribution in [0.2, 0.25) is 0 Å². The minimum atomic E-state index is -0.320. The highest BCUT2D eigenvalue weighted by Gasteiger charge is 1.98. The van der Waals surface area contributed by atoms with E-state index in [4.69, 9.17) is 10.5 Å². The molecule has 0 radical (unpaired) electrons. The highest BCUT2D eigenvalue weighted by Crippen LogP contribution is 2.12. The summed E-state index contributed by atoms with van der Waals surface area (Å²) in [6.07, 6.45) is 20.0. The van der Waals surface area contributed by atoms with Crippen LogP contribution in [0.4, 0.5) is 0 Å². The maximum absolute atomic E-state index is 11.2. The summed E-state index contributed by atoms with van der Waals surface area (Å²) in [5.41, 5.74) is 5.91. The molecule has 0 aromatic heterocycles. The van der Waals surface area contributed by atoms with E-state index in [-0.39, 0.29) is 5.97 Å². The summed E-state index contributed by atoms with van der Waals surface area (Å²) >= 11 is 0. The van der Waals surface area contributed by atoms with Crippen LogP contribution in [0.3, 0.4) is 0 Å². The van der Waals surface area contributed by atoms with Crippen LogP contribution in [-0.2, 0) is 9.53 Å². The van der Waals surface area contributed by atoms with Crippen LogP contribution in [0, 0.1) is 0 Å². The van der Waals surface area contributed by atoms with E-state index in [1.807, 2.05) is 0 Å². The van der Waals surface area contributed by atoms with Crippen molar-refractivity contribution in [2.75, 3.05) is 6.61 Å². The molecule has 0 atom stereocenters. The van der Waals surface area contributed by atoms with E-state index in [2.05, 4.69) is 6.92 Å². The summed E-state index contributed by atoms with van der Waals surface area (Å²) < 4.78 is 5.06. The third-order valence-electron chi connectivity index (χ3n) is 4.09. The average molecular weight is 326 g/mol. The van der Waals surface area contributed by atoms with Crippen molar-refractivity contribution in [1.29, 1.82) is 0 Å². The maximum atomic E-state index is 11.2. The average Bonchev–Trinajstić information content (AvgIpc) is 2.50. The predicted molar refractivity (Wildman–Crippen MR) is 99.2 cm³/mol. The van der Waals surface area contributed by atoms with Gasteiger partial charge in [0.2, 0.25) is 0 Å². The molecule has 23 heavy (non-hydrogen) atoms. The Morgan fingerprint density at radius 3 is 1.57 bits per heavy atom. The summed E-state index contributed by atoms with van der Waals surface area (Å²) in [6.45, 7) is 4.47. The predicted octanol–water partition coefficient (Wildman–Crippen LogP) is 5.87. The number of esters is 1. The largest absolute Gasteiger partial charge is 0.462 e. The lowest BCUT2D eigenvalue weighted by Gasteiger charge is -2.04. The molecular formula is C20H39NO2. The zero-order valence-corrected chi connectivity index (χ0v) is 15.6. The van der Waals surface area contributed by atoms with Crippen LogP contribution in [0.15, 0.2) is 11.8 Å². The second kappa shape index (κ2) is 17.4. The summed E-state index contributed by atoms with van der Waals surface area (Å²) in [6, 6.07) is 0. The molecule has 0 aliphatic heterocycles. The smallest absolute Gasteiger partial charge is 0.332 e.